The minimum atomic E-state index is -0.553. The number of likely N-dealkylation sites (N-methyl/N-ethyl adjacent to an activating group) is 1. The Morgan fingerprint density at radius 2 is 2.10 bits per heavy atom. The zero-order valence-electron chi connectivity index (χ0n) is 11.6. The van der Waals surface area contributed by atoms with Crippen molar-refractivity contribution in [3.05, 3.63) is 54.6 Å². The number of hydrogen-bond donors (Lipinski definition) is 1. The molecule has 2 aromatic rings. The molecule has 0 saturated carbocycles. The molecule has 1 aromatic heterocycles. The van der Waals surface area contributed by atoms with Gasteiger partial charge in [-0.2, -0.15) is 0 Å². The Hall–Kier alpha value is -0.490. The third kappa shape index (κ3) is 3.65. The lowest BCUT2D eigenvalue weighted by atomic mass is 10.0. The first-order valence-corrected chi connectivity index (χ1v) is 8.60. The van der Waals surface area contributed by atoms with E-state index in [2.05, 4.69) is 21.2 Å². The second-order valence-corrected chi connectivity index (χ2v) is 6.88. The molecule has 21 heavy (non-hydrogen) atoms. The third-order valence-corrected chi connectivity index (χ3v) is 5.68. The Labute approximate surface area is 140 Å². The third-order valence-electron chi connectivity index (χ3n) is 3.24. The van der Waals surface area contributed by atoms with Crippen LogP contribution in [0, 0.1) is 18.6 Å². The summed E-state index contributed by atoms with van der Waals surface area (Å²) in [5, 5.41) is 5.88. The summed E-state index contributed by atoms with van der Waals surface area (Å²) in [6, 6.07) is 2.44. The lowest BCUT2D eigenvalue weighted by molar-refractivity contribution is 0.501. The molecule has 0 spiro atoms. The van der Waals surface area contributed by atoms with Crippen LogP contribution in [0.25, 0.3) is 0 Å². The Bertz CT molecular complexity index is 645. The highest BCUT2D eigenvalue weighted by atomic mass is 79.9. The van der Waals surface area contributed by atoms with Gasteiger partial charge in [-0.05, 0) is 58.9 Å². The molecular formula is C15H15BrClF2NS. The maximum absolute atomic E-state index is 14.1. The van der Waals surface area contributed by atoms with Crippen molar-refractivity contribution in [3.63, 3.8) is 0 Å². The van der Waals surface area contributed by atoms with Gasteiger partial charge in [0.1, 0.15) is 11.6 Å². The van der Waals surface area contributed by atoms with Gasteiger partial charge in [0.15, 0.2) is 0 Å². The van der Waals surface area contributed by atoms with Crippen LogP contribution in [-0.2, 0) is 6.42 Å². The van der Waals surface area contributed by atoms with Crippen molar-refractivity contribution >= 4 is 38.9 Å². The van der Waals surface area contributed by atoms with Gasteiger partial charge in [0, 0.05) is 16.5 Å². The summed E-state index contributed by atoms with van der Waals surface area (Å²) < 4.78 is 28.3. The highest BCUT2D eigenvalue weighted by Crippen LogP contribution is 2.35. The van der Waals surface area contributed by atoms with Crippen molar-refractivity contribution in [2.45, 2.75) is 26.3 Å². The molecule has 1 nitrogen and oxygen atoms in total. The Kier molecular flexibility index (Phi) is 5.77. The molecule has 0 saturated heterocycles. The predicted octanol–water partition coefficient (Wildman–Crippen LogP) is 5.64. The van der Waals surface area contributed by atoms with E-state index in [4.69, 9.17) is 11.6 Å². The average molecular weight is 395 g/mol. The summed E-state index contributed by atoms with van der Waals surface area (Å²) in [5.41, 5.74) is 1.05. The summed E-state index contributed by atoms with van der Waals surface area (Å²) in [6.45, 7) is 4.57. The van der Waals surface area contributed by atoms with Gasteiger partial charge >= 0.3 is 0 Å². The van der Waals surface area contributed by atoms with E-state index < -0.39 is 11.6 Å². The number of aryl methyl sites for hydroxylation is 1. The quantitative estimate of drug-likeness (QED) is 0.647. The normalized spacial score (nSPS) is 12.7. The average Bonchev–Trinajstić information content (AvgIpc) is 2.78. The number of hydrogen-bond acceptors (Lipinski definition) is 2. The van der Waals surface area contributed by atoms with Crippen LogP contribution < -0.4 is 5.32 Å². The van der Waals surface area contributed by atoms with Crippen LogP contribution in [0.5, 0.6) is 0 Å². The molecular weight excluding hydrogens is 380 g/mol. The minimum Gasteiger partial charge on any atom is -0.309 e. The summed E-state index contributed by atoms with van der Waals surface area (Å²) in [4.78, 5) is 0.912. The first-order valence-electron chi connectivity index (χ1n) is 6.54. The van der Waals surface area contributed by atoms with Crippen LogP contribution in [0.4, 0.5) is 8.78 Å². The summed E-state index contributed by atoms with van der Waals surface area (Å²) in [5.74, 6) is -1.09. The molecule has 1 aromatic carbocycles. The highest BCUT2D eigenvalue weighted by molar-refractivity contribution is 9.10. The molecule has 0 aliphatic heterocycles. The smallest absolute Gasteiger partial charge is 0.143 e. The van der Waals surface area contributed by atoms with Crippen molar-refractivity contribution in [1.82, 2.24) is 5.32 Å². The van der Waals surface area contributed by atoms with Gasteiger partial charge < -0.3 is 5.32 Å². The lowest BCUT2D eigenvalue weighted by Gasteiger charge is -2.18. The van der Waals surface area contributed by atoms with Gasteiger partial charge in [0.05, 0.1) is 9.50 Å². The summed E-state index contributed by atoms with van der Waals surface area (Å²) >= 11 is 10.9. The van der Waals surface area contributed by atoms with E-state index >= 15 is 0 Å². The predicted molar refractivity (Wildman–Crippen MR) is 88.2 cm³/mol. The molecule has 1 N–H and O–H groups in total. The summed E-state index contributed by atoms with van der Waals surface area (Å²) in [6.07, 6.45) is 0.213. The van der Waals surface area contributed by atoms with Crippen molar-refractivity contribution in [2.24, 2.45) is 0 Å². The van der Waals surface area contributed by atoms with E-state index in [1.807, 2.05) is 19.2 Å². The molecule has 0 fully saturated rings. The van der Waals surface area contributed by atoms with Gasteiger partial charge in [0.25, 0.3) is 0 Å². The van der Waals surface area contributed by atoms with Gasteiger partial charge in [-0.3, -0.25) is 0 Å². The number of nitrogens with one attached hydrogen (secondary N) is 1. The fourth-order valence-electron chi connectivity index (χ4n) is 2.15. The van der Waals surface area contributed by atoms with Crippen molar-refractivity contribution in [1.29, 1.82) is 0 Å². The van der Waals surface area contributed by atoms with Crippen LogP contribution >= 0.6 is 38.9 Å². The molecule has 114 valence electrons. The van der Waals surface area contributed by atoms with Crippen molar-refractivity contribution < 1.29 is 8.78 Å². The molecule has 0 aliphatic rings. The largest absolute Gasteiger partial charge is 0.309 e. The molecule has 6 heteroatoms. The minimum absolute atomic E-state index is 0.0671. The van der Waals surface area contributed by atoms with Crippen LogP contribution in [-0.4, -0.2) is 6.54 Å². The Morgan fingerprint density at radius 1 is 1.38 bits per heavy atom. The maximum Gasteiger partial charge on any atom is 0.143 e. The maximum atomic E-state index is 14.1. The van der Waals surface area contributed by atoms with E-state index in [-0.39, 0.29) is 22.5 Å². The molecule has 0 radical (unpaired) electrons. The summed E-state index contributed by atoms with van der Waals surface area (Å²) in [7, 11) is 0. The Morgan fingerprint density at radius 3 is 2.67 bits per heavy atom. The molecule has 0 amide bonds. The highest BCUT2D eigenvalue weighted by Gasteiger charge is 2.22. The molecule has 1 unspecified atom stereocenters. The fraction of sp³-hybridized carbons (Fsp3) is 0.333. The molecule has 0 bridgehead atoms. The second kappa shape index (κ2) is 7.18. The number of benzene rings is 1. The second-order valence-electron chi connectivity index (χ2n) is 4.73. The zero-order chi connectivity index (χ0) is 15.6. The SMILES string of the molecule is CCNC(Cc1c(F)ccc(Br)c1F)c1scc(C)c1Cl. The van der Waals surface area contributed by atoms with Gasteiger partial charge in [-0.15, -0.1) is 11.3 Å². The molecule has 2 rings (SSSR count). The lowest BCUT2D eigenvalue weighted by Crippen LogP contribution is -2.23. The van der Waals surface area contributed by atoms with Crippen LogP contribution in [0.3, 0.4) is 0 Å². The standard InChI is InChI=1S/C15H15BrClF2NS/c1-3-20-12(15-13(17)8(2)7-21-15)6-9-11(18)5-4-10(16)14(9)19/h4-5,7,12,20H,3,6H2,1-2H3. The number of halogens is 4. The Balaban J connectivity index is 2.38. The van der Waals surface area contributed by atoms with Crippen molar-refractivity contribution in [2.75, 3.05) is 6.54 Å². The number of thiophene rings is 1. The monoisotopic (exact) mass is 393 g/mol. The molecule has 0 aliphatic carbocycles. The number of rotatable bonds is 5. The van der Waals surface area contributed by atoms with Crippen molar-refractivity contribution in [3.8, 4) is 0 Å². The van der Waals surface area contributed by atoms with E-state index in [0.717, 1.165) is 10.4 Å². The van der Waals surface area contributed by atoms with Crippen LogP contribution in [0.1, 0.15) is 29.0 Å². The van der Waals surface area contributed by atoms with E-state index in [1.165, 1.54) is 23.5 Å². The van der Waals surface area contributed by atoms with Crippen LogP contribution in [0.2, 0.25) is 5.02 Å². The van der Waals surface area contributed by atoms with Gasteiger partial charge in [-0.1, -0.05) is 18.5 Å². The van der Waals surface area contributed by atoms with Gasteiger partial charge in [0.2, 0.25) is 0 Å². The molecule has 1 heterocycles. The fourth-order valence-corrected chi connectivity index (χ4v) is 3.92. The first kappa shape index (κ1) is 16.9. The van der Waals surface area contributed by atoms with E-state index in [0.29, 0.717) is 11.6 Å². The molecule has 1 atom stereocenters. The topological polar surface area (TPSA) is 12.0 Å². The van der Waals surface area contributed by atoms with Crippen LogP contribution in [0.15, 0.2) is 22.0 Å². The van der Waals surface area contributed by atoms with E-state index in [9.17, 15) is 8.78 Å². The van der Waals surface area contributed by atoms with E-state index in [1.54, 1.807) is 0 Å². The zero-order valence-corrected chi connectivity index (χ0v) is 14.8. The van der Waals surface area contributed by atoms with Gasteiger partial charge in [-0.25, -0.2) is 8.78 Å². The first-order chi connectivity index (χ1) is 9.95.